The Balaban J connectivity index is 1.87. The first-order chi connectivity index (χ1) is 15.3. The molecule has 1 unspecified atom stereocenters. The van der Waals surface area contributed by atoms with E-state index in [2.05, 4.69) is 31.5 Å². The maximum absolute atomic E-state index is 13.2. The van der Waals surface area contributed by atoms with Crippen LogP contribution in [0.4, 0.5) is 11.4 Å². The second-order valence-electron chi connectivity index (χ2n) is 7.01. The average molecular weight is 541 g/mol. The highest BCUT2D eigenvalue weighted by Gasteiger charge is 2.31. The molecule has 32 heavy (non-hydrogen) atoms. The van der Waals surface area contributed by atoms with Gasteiger partial charge in [0.2, 0.25) is 9.84 Å². The second-order valence-corrected chi connectivity index (χ2v) is 10.4. The molecule has 2 N–H and O–H groups in total. The van der Waals surface area contributed by atoms with Gasteiger partial charge >= 0.3 is 5.97 Å². The van der Waals surface area contributed by atoms with Gasteiger partial charge < -0.3 is 14.8 Å². The summed E-state index contributed by atoms with van der Waals surface area (Å²) < 4.78 is 37.2. The zero-order valence-corrected chi connectivity index (χ0v) is 20.1. The van der Waals surface area contributed by atoms with Crippen molar-refractivity contribution in [2.75, 3.05) is 32.2 Å². The van der Waals surface area contributed by atoms with E-state index in [1.54, 1.807) is 36.4 Å². The number of carbonyl (C=O) groups is 1. The lowest BCUT2D eigenvalue weighted by Gasteiger charge is -2.24. The number of aromatic nitrogens is 1. The van der Waals surface area contributed by atoms with Crippen LogP contribution in [0.1, 0.15) is 10.4 Å². The molecule has 0 aliphatic carbocycles. The number of hydrogen-bond acceptors (Lipinski definition) is 8. The van der Waals surface area contributed by atoms with Crippen molar-refractivity contribution < 1.29 is 22.7 Å². The predicted molar refractivity (Wildman–Crippen MR) is 125 cm³/mol. The van der Waals surface area contributed by atoms with E-state index in [9.17, 15) is 13.2 Å². The third-order valence-electron chi connectivity index (χ3n) is 4.97. The number of halogens is 2. The maximum Gasteiger partial charge on any atom is 0.341 e. The van der Waals surface area contributed by atoms with E-state index < -0.39 is 21.2 Å². The molecule has 1 aliphatic heterocycles. The number of fused-ring (bicyclic) bond motifs is 1. The monoisotopic (exact) mass is 539 g/mol. The van der Waals surface area contributed by atoms with Gasteiger partial charge in [-0.25, -0.2) is 18.2 Å². The number of hydrogen-bond donors (Lipinski definition) is 2. The Labute approximate surface area is 198 Å². The van der Waals surface area contributed by atoms with Crippen LogP contribution >= 0.6 is 27.5 Å². The number of nitrogens with one attached hydrogen (secondary N) is 2. The lowest BCUT2D eigenvalue weighted by Crippen LogP contribution is -2.46. The van der Waals surface area contributed by atoms with Gasteiger partial charge in [0.1, 0.15) is 5.37 Å². The molecule has 168 valence electrons. The lowest BCUT2D eigenvalue weighted by molar-refractivity contribution is 0.0601. The molecular weight excluding hydrogens is 522 g/mol. The van der Waals surface area contributed by atoms with Crippen molar-refractivity contribution >= 4 is 65.6 Å². The van der Waals surface area contributed by atoms with E-state index >= 15 is 0 Å². The highest BCUT2D eigenvalue weighted by Crippen LogP contribution is 2.34. The van der Waals surface area contributed by atoms with E-state index in [0.717, 1.165) is 0 Å². The number of rotatable bonds is 5. The third-order valence-corrected chi connectivity index (χ3v) is 7.71. The maximum atomic E-state index is 13.2. The SMILES string of the molecule is COC(=O)c1c(Br)cccc1Nc1cc(S(=O)(=O)C2COCCN2)nc2ccc(Cl)cc12. The fourth-order valence-corrected chi connectivity index (χ4v) is 5.50. The standard InChI is InChI=1S/C21H19BrClN3O5S/c1-30-21(27)20-14(22)3-2-4-16(20)25-17-10-18(26-15-6-5-12(23)9-13(15)17)32(28,29)19-11-31-8-7-24-19/h2-6,9-10,19,24H,7-8,11H2,1H3,(H,25,26). The number of esters is 1. The molecule has 0 spiro atoms. The van der Waals surface area contributed by atoms with Gasteiger partial charge in [-0.05, 0) is 52.3 Å². The number of nitrogens with zero attached hydrogens (tertiary/aromatic N) is 1. The Bertz CT molecular complexity index is 1300. The average Bonchev–Trinajstić information content (AvgIpc) is 2.79. The molecule has 2 aromatic carbocycles. The van der Waals surface area contributed by atoms with Gasteiger partial charge in [0.25, 0.3) is 0 Å². The van der Waals surface area contributed by atoms with Crippen LogP contribution in [0.5, 0.6) is 0 Å². The first kappa shape index (κ1) is 22.9. The fourth-order valence-electron chi connectivity index (χ4n) is 3.39. The molecule has 4 rings (SSSR count). The number of anilines is 2. The molecule has 0 bridgehead atoms. The van der Waals surface area contributed by atoms with Crippen LogP contribution in [0.25, 0.3) is 10.9 Å². The normalized spacial score (nSPS) is 16.7. The Morgan fingerprint density at radius 1 is 1.28 bits per heavy atom. The van der Waals surface area contributed by atoms with Gasteiger partial charge in [-0.1, -0.05) is 17.7 Å². The van der Waals surface area contributed by atoms with E-state index in [1.807, 2.05) is 0 Å². The third kappa shape index (κ3) is 4.46. The van der Waals surface area contributed by atoms with Crippen LogP contribution in [0.15, 0.2) is 52.0 Å². The molecule has 1 fully saturated rings. The molecule has 1 aromatic heterocycles. The van der Waals surface area contributed by atoms with Crippen LogP contribution < -0.4 is 10.6 Å². The number of carbonyl (C=O) groups excluding carboxylic acids is 1. The molecule has 1 aliphatic rings. The molecule has 8 nitrogen and oxygen atoms in total. The van der Waals surface area contributed by atoms with Gasteiger partial charge in [0.05, 0.1) is 42.8 Å². The summed E-state index contributed by atoms with van der Waals surface area (Å²) in [5.41, 5.74) is 1.57. The molecule has 0 radical (unpaired) electrons. The van der Waals surface area contributed by atoms with Gasteiger partial charge in [0.15, 0.2) is 5.03 Å². The molecule has 0 saturated carbocycles. The van der Waals surface area contributed by atoms with Gasteiger partial charge in [0, 0.05) is 21.4 Å². The van der Waals surface area contributed by atoms with Gasteiger partial charge in [-0.3, -0.25) is 5.32 Å². The topological polar surface area (TPSA) is 107 Å². The largest absolute Gasteiger partial charge is 0.465 e. The molecule has 2 heterocycles. The van der Waals surface area contributed by atoms with Crippen LogP contribution in [0, 0.1) is 0 Å². The first-order valence-corrected chi connectivity index (χ1v) is 12.3. The number of sulfone groups is 1. The van der Waals surface area contributed by atoms with Crippen molar-refractivity contribution in [3.05, 3.63) is 57.5 Å². The molecule has 1 saturated heterocycles. The number of methoxy groups -OCH3 is 1. The smallest absolute Gasteiger partial charge is 0.341 e. The number of morpholine rings is 1. The minimum absolute atomic E-state index is 0.0313. The van der Waals surface area contributed by atoms with Crippen molar-refractivity contribution in [3.8, 4) is 0 Å². The van der Waals surface area contributed by atoms with Crippen LogP contribution in [-0.4, -0.2) is 51.6 Å². The quantitative estimate of drug-likeness (QED) is 0.469. The summed E-state index contributed by atoms with van der Waals surface area (Å²) in [5.74, 6) is -0.548. The van der Waals surface area contributed by atoms with Crippen LogP contribution in [0.2, 0.25) is 5.02 Å². The minimum Gasteiger partial charge on any atom is -0.465 e. The number of ether oxygens (including phenoxy) is 2. The molecular formula is C21H19BrClN3O5S. The minimum atomic E-state index is -3.84. The van der Waals surface area contributed by atoms with Crippen molar-refractivity contribution in [3.63, 3.8) is 0 Å². The summed E-state index contributed by atoms with van der Waals surface area (Å²) >= 11 is 9.56. The van der Waals surface area contributed by atoms with Gasteiger partial charge in [-0.15, -0.1) is 0 Å². The molecule has 0 amide bonds. The van der Waals surface area contributed by atoms with Crippen molar-refractivity contribution in [2.45, 2.75) is 10.4 Å². The number of pyridine rings is 1. The Hall–Kier alpha value is -2.24. The predicted octanol–water partition coefficient (Wildman–Crippen LogP) is 3.90. The Morgan fingerprint density at radius 3 is 2.81 bits per heavy atom. The summed E-state index contributed by atoms with van der Waals surface area (Å²) in [7, 11) is -2.55. The summed E-state index contributed by atoms with van der Waals surface area (Å²) in [6, 6.07) is 11.6. The van der Waals surface area contributed by atoms with Crippen molar-refractivity contribution in [2.24, 2.45) is 0 Å². The fraction of sp³-hybridized carbons (Fsp3) is 0.238. The highest BCUT2D eigenvalue weighted by atomic mass is 79.9. The lowest BCUT2D eigenvalue weighted by atomic mass is 10.1. The Kier molecular flexibility index (Phi) is 6.68. The Morgan fingerprint density at radius 2 is 2.09 bits per heavy atom. The summed E-state index contributed by atoms with van der Waals surface area (Å²) in [5, 5.41) is 6.17. The van der Waals surface area contributed by atoms with E-state index in [0.29, 0.717) is 44.9 Å². The van der Waals surface area contributed by atoms with Crippen LogP contribution in [-0.2, 0) is 19.3 Å². The van der Waals surface area contributed by atoms with Crippen molar-refractivity contribution in [1.82, 2.24) is 10.3 Å². The first-order valence-electron chi connectivity index (χ1n) is 9.60. The zero-order chi connectivity index (χ0) is 22.9. The zero-order valence-electron chi connectivity index (χ0n) is 16.9. The number of benzene rings is 2. The summed E-state index contributed by atoms with van der Waals surface area (Å²) in [4.78, 5) is 16.7. The molecule has 11 heteroatoms. The van der Waals surface area contributed by atoms with Crippen LogP contribution in [0.3, 0.4) is 0 Å². The van der Waals surface area contributed by atoms with E-state index in [1.165, 1.54) is 13.2 Å². The molecule has 3 aromatic rings. The van der Waals surface area contributed by atoms with E-state index in [4.69, 9.17) is 21.1 Å². The molecule has 1 atom stereocenters. The van der Waals surface area contributed by atoms with Gasteiger partial charge in [-0.2, -0.15) is 0 Å². The summed E-state index contributed by atoms with van der Waals surface area (Å²) in [6.45, 7) is 0.907. The van der Waals surface area contributed by atoms with E-state index in [-0.39, 0.29) is 17.2 Å². The second kappa shape index (κ2) is 9.32. The summed E-state index contributed by atoms with van der Waals surface area (Å²) in [6.07, 6.45) is 0. The highest BCUT2D eigenvalue weighted by molar-refractivity contribution is 9.10. The van der Waals surface area contributed by atoms with Crippen molar-refractivity contribution in [1.29, 1.82) is 0 Å².